The number of nitrogens with one attached hydrogen (secondary N) is 2. The van der Waals surface area contributed by atoms with E-state index >= 15 is 0 Å². The first kappa shape index (κ1) is 15.9. The molecule has 1 aromatic heterocycles. The van der Waals surface area contributed by atoms with E-state index in [1.165, 1.54) is 24.6 Å². The minimum absolute atomic E-state index is 0.0180. The highest BCUT2D eigenvalue weighted by atomic mass is 32.2. The van der Waals surface area contributed by atoms with Crippen molar-refractivity contribution in [1.29, 1.82) is 0 Å². The number of aromatic amines is 1. The Morgan fingerprint density at radius 1 is 1.12 bits per heavy atom. The normalized spacial score (nSPS) is 13.6. The number of carbonyl (C=O) groups excluding carboxylic acids is 1. The molecule has 25 heavy (non-hydrogen) atoms. The summed E-state index contributed by atoms with van der Waals surface area (Å²) in [6, 6.07) is 17.5. The van der Waals surface area contributed by atoms with E-state index in [1.54, 1.807) is 0 Å². The Hall–Kier alpha value is -2.60. The summed E-state index contributed by atoms with van der Waals surface area (Å²) in [4.78, 5) is 17.7. The maximum Gasteiger partial charge on any atom is 0.234 e. The monoisotopic (exact) mass is 350 g/mol. The summed E-state index contributed by atoms with van der Waals surface area (Å²) in [7, 11) is 0. The van der Waals surface area contributed by atoms with Crippen LogP contribution in [0.1, 0.15) is 24.6 Å². The van der Waals surface area contributed by atoms with Gasteiger partial charge in [-0.25, -0.2) is 4.98 Å². The predicted molar refractivity (Wildman–Crippen MR) is 99.6 cm³/mol. The van der Waals surface area contributed by atoms with Crippen LogP contribution in [0.5, 0.6) is 0 Å². The van der Waals surface area contributed by atoms with Gasteiger partial charge < -0.3 is 5.32 Å². The standard InChI is InChI=1S/C19H18N4OS/c24-17(12-25-16-4-2-1-3-5-16)20-15-10-8-14(9-11-15)19-21-18(22-23-19)13-6-7-13/h1-5,8-11,13H,6-7,12H2,(H,20,24)(H,21,22,23). The molecule has 1 saturated carbocycles. The Kier molecular flexibility index (Phi) is 4.52. The van der Waals surface area contributed by atoms with Crippen LogP contribution in [0.25, 0.3) is 11.4 Å². The second kappa shape index (κ2) is 7.11. The van der Waals surface area contributed by atoms with Crippen molar-refractivity contribution >= 4 is 23.4 Å². The number of carbonyl (C=O) groups is 1. The second-order valence-corrected chi connectivity index (χ2v) is 7.09. The number of aromatic nitrogens is 3. The molecule has 2 N–H and O–H groups in total. The van der Waals surface area contributed by atoms with Crippen molar-refractivity contribution in [1.82, 2.24) is 15.2 Å². The average Bonchev–Trinajstić information content (AvgIpc) is 3.39. The minimum Gasteiger partial charge on any atom is -0.325 e. The van der Waals surface area contributed by atoms with E-state index in [4.69, 9.17) is 0 Å². The summed E-state index contributed by atoms with van der Waals surface area (Å²) < 4.78 is 0. The average molecular weight is 350 g/mol. The molecule has 0 spiro atoms. The molecule has 0 unspecified atom stereocenters. The highest BCUT2D eigenvalue weighted by molar-refractivity contribution is 8.00. The van der Waals surface area contributed by atoms with Crippen molar-refractivity contribution in [2.24, 2.45) is 0 Å². The van der Waals surface area contributed by atoms with Crippen LogP contribution >= 0.6 is 11.8 Å². The second-order valence-electron chi connectivity index (χ2n) is 6.05. The zero-order valence-corrected chi connectivity index (χ0v) is 14.4. The number of hydrogen-bond acceptors (Lipinski definition) is 4. The fourth-order valence-corrected chi connectivity index (χ4v) is 3.23. The number of H-pyrrole nitrogens is 1. The Morgan fingerprint density at radius 3 is 2.60 bits per heavy atom. The van der Waals surface area contributed by atoms with E-state index in [1.807, 2.05) is 54.6 Å². The van der Waals surface area contributed by atoms with Crippen molar-refractivity contribution in [3.63, 3.8) is 0 Å². The van der Waals surface area contributed by atoms with Gasteiger partial charge >= 0.3 is 0 Å². The first-order valence-electron chi connectivity index (χ1n) is 8.28. The molecule has 0 radical (unpaired) electrons. The smallest absolute Gasteiger partial charge is 0.234 e. The van der Waals surface area contributed by atoms with Crippen LogP contribution in [-0.4, -0.2) is 26.8 Å². The van der Waals surface area contributed by atoms with Gasteiger partial charge in [0, 0.05) is 22.1 Å². The van der Waals surface area contributed by atoms with Crippen molar-refractivity contribution in [2.75, 3.05) is 11.1 Å². The molecule has 5 nitrogen and oxygen atoms in total. The fourth-order valence-electron chi connectivity index (χ4n) is 2.51. The van der Waals surface area contributed by atoms with E-state index < -0.39 is 0 Å². The molecule has 4 rings (SSSR count). The van der Waals surface area contributed by atoms with E-state index in [0.29, 0.717) is 17.5 Å². The third kappa shape index (κ3) is 4.09. The van der Waals surface area contributed by atoms with Gasteiger partial charge in [0.2, 0.25) is 5.91 Å². The van der Waals surface area contributed by atoms with Crippen LogP contribution < -0.4 is 5.32 Å². The zero-order valence-electron chi connectivity index (χ0n) is 13.6. The van der Waals surface area contributed by atoms with E-state index in [0.717, 1.165) is 22.0 Å². The van der Waals surface area contributed by atoms with Crippen LogP contribution in [0.3, 0.4) is 0 Å². The highest BCUT2D eigenvalue weighted by Crippen LogP contribution is 2.38. The van der Waals surface area contributed by atoms with Crippen molar-refractivity contribution < 1.29 is 4.79 Å². The molecular formula is C19H18N4OS. The molecule has 1 heterocycles. The van der Waals surface area contributed by atoms with Crippen LogP contribution in [0.4, 0.5) is 5.69 Å². The topological polar surface area (TPSA) is 70.7 Å². The lowest BCUT2D eigenvalue weighted by Crippen LogP contribution is -2.13. The number of hydrogen-bond donors (Lipinski definition) is 2. The molecular weight excluding hydrogens is 332 g/mol. The summed E-state index contributed by atoms with van der Waals surface area (Å²) in [6.07, 6.45) is 2.39. The molecule has 0 atom stereocenters. The lowest BCUT2D eigenvalue weighted by molar-refractivity contribution is -0.113. The van der Waals surface area contributed by atoms with Crippen molar-refractivity contribution in [2.45, 2.75) is 23.7 Å². The molecule has 1 fully saturated rings. The van der Waals surface area contributed by atoms with Crippen molar-refractivity contribution in [3.8, 4) is 11.4 Å². The van der Waals surface area contributed by atoms with Gasteiger partial charge in [0.15, 0.2) is 5.82 Å². The molecule has 0 aliphatic heterocycles. The van der Waals surface area contributed by atoms with Gasteiger partial charge in [0.1, 0.15) is 5.82 Å². The van der Waals surface area contributed by atoms with Gasteiger partial charge in [-0.15, -0.1) is 11.8 Å². The molecule has 2 aromatic carbocycles. The van der Waals surface area contributed by atoms with Gasteiger partial charge in [0.25, 0.3) is 0 Å². The number of benzene rings is 2. The van der Waals surface area contributed by atoms with E-state index in [9.17, 15) is 4.79 Å². The molecule has 0 bridgehead atoms. The lowest BCUT2D eigenvalue weighted by atomic mass is 10.2. The molecule has 1 aliphatic carbocycles. The van der Waals surface area contributed by atoms with Gasteiger partial charge in [-0.05, 0) is 49.2 Å². The van der Waals surface area contributed by atoms with Crippen LogP contribution in [0, 0.1) is 0 Å². The number of amides is 1. The molecule has 6 heteroatoms. The zero-order chi connectivity index (χ0) is 17.1. The maximum atomic E-state index is 12.1. The molecule has 3 aromatic rings. The largest absolute Gasteiger partial charge is 0.325 e. The third-order valence-corrected chi connectivity index (χ3v) is 5.02. The summed E-state index contributed by atoms with van der Waals surface area (Å²) in [6.45, 7) is 0. The first-order valence-corrected chi connectivity index (χ1v) is 9.27. The lowest BCUT2D eigenvalue weighted by Gasteiger charge is -2.06. The number of anilines is 1. The first-order chi connectivity index (χ1) is 12.3. The number of nitrogens with zero attached hydrogens (tertiary/aromatic N) is 2. The Labute approximate surface area is 150 Å². The summed E-state index contributed by atoms with van der Waals surface area (Å²) in [5, 5.41) is 10.2. The highest BCUT2D eigenvalue weighted by Gasteiger charge is 2.27. The van der Waals surface area contributed by atoms with Gasteiger partial charge in [-0.3, -0.25) is 9.89 Å². The third-order valence-electron chi connectivity index (χ3n) is 4.01. The predicted octanol–water partition coefficient (Wildman–Crippen LogP) is 4.08. The quantitative estimate of drug-likeness (QED) is 0.657. The minimum atomic E-state index is -0.0180. The Bertz CT molecular complexity index is 857. The van der Waals surface area contributed by atoms with E-state index in [2.05, 4.69) is 20.5 Å². The van der Waals surface area contributed by atoms with E-state index in [-0.39, 0.29) is 5.91 Å². The Morgan fingerprint density at radius 2 is 1.88 bits per heavy atom. The fraction of sp³-hybridized carbons (Fsp3) is 0.211. The molecule has 0 saturated heterocycles. The summed E-state index contributed by atoms with van der Waals surface area (Å²) >= 11 is 1.52. The number of thioether (sulfide) groups is 1. The summed E-state index contributed by atoms with van der Waals surface area (Å²) in [5.41, 5.74) is 1.72. The van der Waals surface area contributed by atoms with Gasteiger partial charge in [-0.2, -0.15) is 5.10 Å². The van der Waals surface area contributed by atoms with Gasteiger partial charge in [0.05, 0.1) is 5.75 Å². The van der Waals surface area contributed by atoms with Crippen LogP contribution in [-0.2, 0) is 4.79 Å². The van der Waals surface area contributed by atoms with Gasteiger partial charge in [-0.1, -0.05) is 18.2 Å². The van der Waals surface area contributed by atoms with Crippen molar-refractivity contribution in [3.05, 3.63) is 60.4 Å². The maximum absolute atomic E-state index is 12.1. The van der Waals surface area contributed by atoms with Crippen LogP contribution in [0.15, 0.2) is 59.5 Å². The molecule has 1 aliphatic rings. The summed E-state index contributed by atoms with van der Waals surface area (Å²) in [5.74, 6) is 2.61. The van der Waals surface area contributed by atoms with Crippen LogP contribution in [0.2, 0.25) is 0 Å². The Balaban J connectivity index is 1.34. The SMILES string of the molecule is O=C(CSc1ccccc1)Nc1ccc(-c2n[nH]c(C3CC3)n2)cc1. The molecule has 126 valence electrons. The number of rotatable bonds is 6. The molecule has 1 amide bonds.